The molecule has 1 amide bonds. The molecule has 1 aromatic heterocycles. The van der Waals surface area contributed by atoms with E-state index in [0.717, 1.165) is 12.1 Å². The predicted molar refractivity (Wildman–Crippen MR) is 75.9 cm³/mol. The third-order valence-electron chi connectivity index (χ3n) is 2.47. The lowest BCUT2D eigenvalue weighted by atomic mass is 10.2. The molecule has 0 aliphatic carbocycles. The van der Waals surface area contributed by atoms with E-state index in [4.69, 9.17) is 11.6 Å². The number of nitrogens with zero attached hydrogens (tertiary/aromatic N) is 1. The monoisotopic (exact) mass is 336 g/mol. The number of pyridine rings is 1. The van der Waals surface area contributed by atoms with Crippen molar-refractivity contribution in [1.82, 2.24) is 4.98 Å². The van der Waals surface area contributed by atoms with E-state index >= 15 is 0 Å². The molecule has 21 heavy (non-hydrogen) atoms. The van der Waals surface area contributed by atoms with Crippen molar-refractivity contribution in [1.29, 1.82) is 0 Å². The molecule has 0 spiro atoms. The van der Waals surface area contributed by atoms with E-state index in [0.29, 0.717) is 5.56 Å². The first kappa shape index (κ1) is 17.3. The highest BCUT2D eigenvalue weighted by Crippen LogP contribution is 2.36. The maximum atomic E-state index is 12.7. The van der Waals surface area contributed by atoms with Gasteiger partial charge in [-0.25, -0.2) is 0 Å². The van der Waals surface area contributed by atoms with Crippen LogP contribution >= 0.6 is 24.0 Å². The highest BCUT2D eigenvalue weighted by molar-refractivity contribution is 6.31. The van der Waals surface area contributed by atoms with E-state index in [-0.39, 0.29) is 18.1 Å². The first-order chi connectivity index (χ1) is 9.38. The summed E-state index contributed by atoms with van der Waals surface area (Å²) in [6.45, 7) is 0. The molecule has 0 fully saturated rings. The smallest absolute Gasteiger partial charge is 0.322 e. The number of hydrogen-bond donors (Lipinski definition) is 1. The molecule has 0 aliphatic heterocycles. The average Bonchev–Trinajstić information content (AvgIpc) is 2.40. The van der Waals surface area contributed by atoms with Gasteiger partial charge in [-0.15, -0.1) is 12.4 Å². The minimum absolute atomic E-state index is 0. The fraction of sp³-hybridized carbons (Fsp3) is 0.0769. The molecule has 0 bridgehead atoms. The summed E-state index contributed by atoms with van der Waals surface area (Å²) in [6, 6.07) is 6.09. The lowest BCUT2D eigenvalue weighted by Gasteiger charge is -2.11. The molecule has 2 rings (SSSR count). The van der Waals surface area contributed by atoms with Crippen molar-refractivity contribution in [2.24, 2.45) is 0 Å². The first-order valence-corrected chi connectivity index (χ1v) is 5.84. The van der Waals surface area contributed by atoms with Crippen LogP contribution in [-0.4, -0.2) is 10.9 Å². The molecule has 8 heteroatoms. The van der Waals surface area contributed by atoms with Crippen LogP contribution < -0.4 is 5.32 Å². The van der Waals surface area contributed by atoms with Gasteiger partial charge in [0.15, 0.2) is 0 Å². The van der Waals surface area contributed by atoms with Gasteiger partial charge < -0.3 is 5.32 Å². The summed E-state index contributed by atoms with van der Waals surface area (Å²) >= 11 is 5.49. The zero-order chi connectivity index (χ0) is 14.8. The van der Waals surface area contributed by atoms with Gasteiger partial charge in [-0.2, -0.15) is 13.2 Å². The third-order valence-corrected chi connectivity index (χ3v) is 2.80. The molecule has 0 aliphatic rings. The van der Waals surface area contributed by atoms with Crippen molar-refractivity contribution in [2.45, 2.75) is 6.18 Å². The Balaban J connectivity index is 0.00000220. The van der Waals surface area contributed by atoms with Gasteiger partial charge in [-0.05, 0) is 30.3 Å². The summed E-state index contributed by atoms with van der Waals surface area (Å²) in [5.74, 6) is -0.525. The summed E-state index contributed by atoms with van der Waals surface area (Å²) in [4.78, 5) is 15.6. The van der Waals surface area contributed by atoms with Crippen molar-refractivity contribution in [3.63, 3.8) is 0 Å². The molecule has 0 saturated carbocycles. The van der Waals surface area contributed by atoms with E-state index in [1.165, 1.54) is 30.6 Å². The van der Waals surface area contributed by atoms with Crippen molar-refractivity contribution in [3.8, 4) is 0 Å². The number of nitrogens with one attached hydrogen (secondary N) is 1. The Bertz CT molecular complexity index is 633. The minimum Gasteiger partial charge on any atom is -0.322 e. The molecule has 0 saturated heterocycles. The van der Waals surface area contributed by atoms with E-state index in [2.05, 4.69) is 10.3 Å². The van der Waals surface area contributed by atoms with Crippen LogP contribution in [0.3, 0.4) is 0 Å². The largest absolute Gasteiger partial charge is 0.417 e. The Kier molecular flexibility index (Phi) is 5.57. The quantitative estimate of drug-likeness (QED) is 0.881. The number of carbonyl (C=O) groups excluding carboxylic acids is 1. The molecular weight excluding hydrogens is 328 g/mol. The number of hydrogen-bond acceptors (Lipinski definition) is 2. The van der Waals surface area contributed by atoms with Gasteiger partial charge in [0.05, 0.1) is 10.6 Å². The third kappa shape index (κ3) is 4.34. The second kappa shape index (κ2) is 6.78. The van der Waals surface area contributed by atoms with Gasteiger partial charge in [-0.1, -0.05) is 11.6 Å². The fourth-order valence-corrected chi connectivity index (χ4v) is 1.75. The minimum atomic E-state index is -4.57. The van der Waals surface area contributed by atoms with Crippen LogP contribution in [0.25, 0.3) is 0 Å². The van der Waals surface area contributed by atoms with Crippen molar-refractivity contribution < 1.29 is 18.0 Å². The van der Waals surface area contributed by atoms with Gasteiger partial charge in [0.25, 0.3) is 5.91 Å². The van der Waals surface area contributed by atoms with Crippen LogP contribution in [0.15, 0.2) is 42.7 Å². The summed E-state index contributed by atoms with van der Waals surface area (Å²) < 4.78 is 38.1. The molecule has 0 radical (unpaired) electrons. The lowest BCUT2D eigenvalue weighted by Crippen LogP contribution is -2.13. The molecule has 0 unspecified atom stereocenters. The van der Waals surface area contributed by atoms with Crippen LogP contribution in [0.2, 0.25) is 5.02 Å². The summed E-state index contributed by atoms with van der Waals surface area (Å²) in [6.07, 6.45) is -1.75. The zero-order valence-electron chi connectivity index (χ0n) is 10.3. The van der Waals surface area contributed by atoms with Crippen LogP contribution in [0.1, 0.15) is 15.9 Å². The second-order valence-corrected chi connectivity index (χ2v) is 4.29. The highest BCUT2D eigenvalue weighted by Gasteiger charge is 2.33. The van der Waals surface area contributed by atoms with Crippen molar-refractivity contribution >= 4 is 35.6 Å². The van der Waals surface area contributed by atoms with Crippen LogP contribution in [0.4, 0.5) is 18.9 Å². The normalized spacial score (nSPS) is 10.7. The second-order valence-electron chi connectivity index (χ2n) is 3.88. The van der Waals surface area contributed by atoms with E-state index in [1.54, 1.807) is 0 Å². The molecule has 1 aromatic carbocycles. The molecule has 0 atom stereocenters. The Labute approximate surface area is 129 Å². The summed E-state index contributed by atoms with van der Waals surface area (Å²) in [5.41, 5.74) is -0.682. The molecule has 1 N–H and O–H groups in total. The Morgan fingerprint density at radius 1 is 1.14 bits per heavy atom. The zero-order valence-corrected chi connectivity index (χ0v) is 11.9. The summed E-state index contributed by atoms with van der Waals surface area (Å²) in [5, 5.41) is 1.96. The topological polar surface area (TPSA) is 42.0 Å². The first-order valence-electron chi connectivity index (χ1n) is 5.46. The van der Waals surface area contributed by atoms with Crippen molar-refractivity contribution in [2.75, 3.05) is 5.32 Å². The van der Waals surface area contributed by atoms with Crippen LogP contribution in [0.5, 0.6) is 0 Å². The van der Waals surface area contributed by atoms with Gasteiger partial charge in [-0.3, -0.25) is 9.78 Å². The van der Waals surface area contributed by atoms with Crippen LogP contribution in [-0.2, 0) is 6.18 Å². The average molecular weight is 337 g/mol. The molecule has 1 heterocycles. The molecule has 2 aromatic rings. The maximum Gasteiger partial charge on any atom is 0.417 e. The number of halogens is 5. The SMILES string of the molecule is Cl.O=C(Nc1ccc(Cl)c(C(F)(F)F)c1)c1ccncc1. The number of benzene rings is 1. The van der Waals surface area contributed by atoms with Crippen LogP contribution in [0, 0.1) is 0 Å². The van der Waals surface area contributed by atoms with E-state index in [1.807, 2.05) is 0 Å². The number of anilines is 1. The van der Waals surface area contributed by atoms with Gasteiger partial charge in [0, 0.05) is 23.6 Å². The van der Waals surface area contributed by atoms with E-state index in [9.17, 15) is 18.0 Å². The Morgan fingerprint density at radius 2 is 1.76 bits per heavy atom. The molecule has 112 valence electrons. The van der Waals surface area contributed by atoms with Crippen molar-refractivity contribution in [3.05, 3.63) is 58.9 Å². The number of amides is 1. The maximum absolute atomic E-state index is 12.7. The van der Waals surface area contributed by atoms with E-state index < -0.39 is 22.7 Å². The lowest BCUT2D eigenvalue weighted by molar-refractivity contribution is -0.137. The Morgan fingerprint density at radius 3 is 2.33 bits per heavy atom. The molecular formula is C13H9Cl2F3N2O. The number of alkyl halides is 3. The highest BCUT2D eigenvalue weighted by atomic mass is 35.5. The number of aromatic nitrogens is 1. The standard InChI is InChI=1S/C13H8ClF3N2O.ClH/c14-11-2-1-9(7-10(11)13(15,16)17)19-12(20)8-3-5-18-6-4-8;/h1-7H,(H,19,20);1H. The number of rotatable bonds is 2. The fourth-order valence-electron chi connectivity index (χ4n) is 1.53. The van der Waals surface area contributed by atoms with Gasteiger partial charge in [0.1, 0.15) is 0 Å². The molecule has 3 nitrogen and oxygen atoms in total. The number of carbonyl (C=O) groups is 1. The van der Waals surface area contributed by atoms with Gasteiger partial charge >= 0.3 is 6.18 Å². The predicted octanol–water partition coefficient (Wildman–Crippen LogP) is 4.43. The summed E-state index contributed by atoms with van der Waals surface area (Å²) in [7, 11) is 0. The van der Waals surface area contributed by atoms with Gasteiger partial charge in [0.2, 0.25) is 0 Å². The Hall–Kier alpha value is -1.79.